The third kappa shape index (κ3) is 4.26. The van der Waals surface area contributed by atoms with Crippen LogP contribution < -0.4 is 5.32 Å². The Morgan fingerprint density at radius 2 is 2.10 bits per heavy atom. The number of aliphatic carboxylic acids is 1. The van der Waals surface area contributed by atoms with Crippen molar-refractivity contribution in [2.24, 2.45) is 5.92 Å². The fourth-order valence-electron chi connectivity index (χ4n) is 2.25. The molecular weight excluding hydrogens is 277 g/mol. The molecule has 114 valence electrons. The van der Waals surface area contributed by atoms with Gasteiger partial charge in [0, 0.05) is 6.61 Å². The number of nitrogens with one attached hydrogen (secondary N) is 1. The molecule has 2 rings (SSSR count). The van der Waals surface area contributed by atoms with Crippen LogP contribution in [0.2, 0.25) is 0 Å². The molecule has 1 aliphatic carbocycles. The molecule has 1 fully saturated rings. The van der Waals surface area contributed by atoms with Gasteiger partial charge in [0.1, 0.15) is 5.82 Å². The van der Waals surface area contributed by atoms with Gasteiger partial charge in [0.05, 0.1) is 24.5 Å². The normalized spacial score (nSPS) is 21.6. The first-order valence-electron chi connectivity index (χ1n) is 6.90. The SMILES string of the molecule is CCOC1CC1C(=O)NC(CC(=O)O)c1ccc(F)cc1. The minimum absolute atomic E-state index is 0.0753. The van der Waals surface area contributed by atoms with Crippen LogP contribution in [0.15, 0.2) is 24.3 Å². The summed E-state index contributed by atoms with van der Waals surface area (Å²) in [5.41, 5.74) is 0.570. The van der Waals surface area contributed by atoms with Gasteiger partial charge in [0.15, 0.2) is 0 Å². The minimum atomic E-state index is -1.03. The molecule has 0 heterocycles. The second kappa shape index (κ2) is 6.67. The molecule has 0 aliphatic heterocycles. The van der Waals surface area contributed by atoms with E-state index in [4.69, 9.17) is 9.84 Å². The standard InChI is InChI=1S/C15H18FNO4/c1-2-21-13-7-11(13)15(20)17-12(8-14(18)19)9-3-5-10(16)6-4-9/h3-6,11-13H,2,7-8H2,1H3,(H,17,20)(H,18,19). The summed E-state index contributed by atoms with van der Waals surface area (Å²) in [5, 5.41) is 11.7. The molecule has 0 aromatic heterocycles. The average molecular weight is 295 g/mol. The topological polar surface area (TPSA) is 75.6 Å². The summed E-state index contributed by atoms with van der Waals surface area (Å²) >= 11 is 0. The van der Waals surface area contributed by atoms with E-state index < -0.39 is 17.8 Å². The predicted octanol–water partition coefficient (Wildman–Crippen LogP) is 1.88. The maximum absolute atomic E-state index is 12.9. The van der Waals surface area contributed by atoms with Gasteiger partial charge < -0.3 is 15.2 Å². The number of benzene rings is 1. The van der Waals surface area contributed by atoms with Crippen molar-refractivity contribution in [1.82, 2.24) is 5.32 Å². The highest BCUT2D eigenvalue weighted by molar-refractivity contribution is 5.83. The molecule has 21 heavy (non-hydrogen) atoms. The van der Waals surface area contributed by atoms with Crippen molar-refractivity contribution in [2.45, 2.75) is 31.9 Å². The average Bonchev–Trinajstić information content (AvgIpc) is 3.18. The lowest BCUT2D eigenvalue weighted by molar-refractivity contribution is -0.137. The van der Waals surface area contributed by atoms with Crippen molar-refractivity contribution in [3.05, 3.63) is 35.6 Å². The van der Waals surface area contributed by atoms with E-state index in [9.17, 15) is 14.0 Å². The van der Waals surface area contributed by atoms with E-state index >= 15 is 0 Å². The lowest BCUT2D eigenvalue weighted by Gasteiger charge is -2.17. The van der Waals surface area contributed by atoms with E-state index in [1.165, 1.54) is 24.3 Å². The molecule has 3 atom stereocenters. The summed E-state index contributed by atoms with van der Waals surface area (Å²) in [6.45, 7) is 2.41. The Kier molecular flexibility index (Phi) is 4.90. The van der Waals surface area contributed by atoms with Crippen molar-refractivity contribution in [3.8, 4) is 0 Å². The van der Waals surface area contributed by atoms with Gasteiger partial charge in [-0.05, 0) is 31.0 Å². The van der Waals surface area contributed by atoms with Gasteiger partial charge in [-0.1, -0.05) is 12.1 Å². The lowest BCUT2D eigenvalue weighted by Crippen LogP contribution is -2.32. The summed E-state index contributed by atoms with van der Waals surface area (Å²) < 4.78 is 18.3. The van der Waals surface area contributed by atoms with Gasteiger partial charge >= 0.3 is 5.97 Å². The first-order chi connectivity index (χ1) is 10.0. The smallest absolute Gasteiger partial charge is 0.305 e. The monoisotopic (exact) mass is 295 g/mol. The largest absolute Gasteiger partial charge is 0.481 e. The Labute approximate surface area is 122 Å². The number of carbonyl (C=O) groups excluding carboxylic acids is 1. The first kappa shape index (κ1) is 15.4. The van der Waals surface area contributed by atoms with Crippen molar-refractivity contribution < 1.29 is 23.8 Å². The molecule has 0 radical (unpaired) electrons. The Morgan fingerprint density at radius 1 is 1.43 bits per heavy atom. The third-order valence-electron chi connectivity index (χ3n) is 3.42. The number of carboxylic acids is 1. The van der Waals surface area contributed by atoms with Crippen LogP contribution in [0.5, 0.6) is 0 Å². The maximum atomic E-state index is 12.9. The highest BCUT2D eigenvalue weighted by atomic mass is 19.1. The number of carboxylic acid groups (broad SMARTS) is 1. The van der Waals surface area contributed by atoms with Crippen molar-refractivity contribution in [3.63, 3.8) is 0 Å². The predicted molar refractivity (Wildman–Crippen MR) is 73.1 cm³/mol. The van der Waals surface area contributed by atoms with E-state index in [1.807, 2.05) is 6.92 Å². The van der Waals surface area contributed by atoms with E-state index in [0.29, 0.717) is 18.6 Å². The summed E-state index contributed by atoms with van der Waals surface area (Å²) in [7, 11) is 0. The number of carbonyl (C=O) groups is 2. The van der Waals surface area contributed by atoms with Gasteiger partial charge in [0.25, 0.3) is 0 Å². The second-order valence-corrected chi connectivity index (χ2v) is 5.05. The molecule has 1 saturated carbocycles. The van der Waals surface area contributed by atoms with Gasteiger partial charge in [-0.2, -0.15) is 0 Å². The zero-order chi connectivity index (χ0) is 15.4. The molecule has 1 aliphatic rings. The molecule has 6 heteroatoms. The summed E-state index contributed by atoms with van der Waals surface area (Å²) in [5.74, 6) is -1.87. The lowest BCUT2D eigenvalue weighted by atomic mass is 10.0. The highest BCUT2D eigenvalue weighted by Gasteiger charge is 2.44. The van der Waals surface area contributed by atoms with Gasteiger partial charge in [-0.25, -0.2) is 4.39 Å². The Hall–Kier alpha value is -1.95. The molecule has 2 N–H and O–H groups in total. The van der Waals surface area contributed by atoms with Gasteiger partial charge in [-0.15, -0.1) is 0 Å². The molecule has 3 unspecified atom stereocenters. The van der Waals surface area contributed by atoms with Gasteiger partial charge in [-0.3, -0.25) is 9.59 Å². The maximum Gasteiger partial charge on any atom is 0.305 e. The van der Waals surface area contributed by atoms with Crippen LogP contribution in [-0.4, -0.2) is 29.7 Å². The van der Waals surface area contributed by atoms with Crippen LogP contribution in [0.3, 0.4) is 0 Å². The summed E-state index contributed by atoms with van der Waals surface area (Å²) in [6, 6.07) is 4.79. The number of halogens is 1. The zero-order valence-electron chi connectivity index (χ0n) is 11.7. The highest BCUT2D eigenvalue weighted by Crippen LogP contribution is 2.34. The molecule has 1 amide bonds. The molecule has 1 aromatic rings. The van der Waals surface area contributed by atoms with Crippen LogP contribution in [0.25, 0.3) is 0 Å². The van der Waals surface area contributed by atoms with E-state index in [2.05, 4.69) is 5.32 Å². The van der Waals surface area contributed by atoms with E-state index in [0.717, 1.165) is 0 Å². The molecule has 5 nitrogen and oxygen atoms in total. The van der Waals surface area contributed by atoms with Crippen LogP contribution >= 0.6 is 0 Å². The second-order valence-electron chi connectivity index (χ2n) is 5.05. The Bertz CT molecular complexity index is 517. The van der Waals surface area contributed by atoms with Gasteiger partial charge in [0.2, 0.25) is 5.91 Å². The molecular formula is C15H18FNO4. The van der Waals surface area contributed by atoms with Crippen LogP contribution in [-0.2, 0) is 14.3 Å². The van der Waals surface area contributed by atoms with Crippen molar-refractivity contribution >= 4 is 11.9 Å². The fourth-order valence-corrected chi connectivity index (χ4v) is 2.25. The van der Waals surface area contributed by atoms with Crippen LogP contribution in [0.1, 0.15) is 31.4 Å². The molecule has 1 aromatic carbocycles. The number of hydrogen-bond donors (Lipinski definition) is 2. The van der Waals surface area contributed by atoms with E-state index in [1.54, 1.807) is 0 Å². The fraction of sp³-hybridized carbons (Fsp3) is 0.467. The molecule has 0 saturated heterocycles. The number of rotatable bonds is 7. The van der Waals surface area contributed by atoms with Crippen LogP contribution in [0, 0.1) is 11.7 Å². The zero-order valence-corrected chi connectivity index (χ0v) is 11.7. The van der Waals surface area contributed by atoms with Crippen molar-refractivity contribution in [1.29, 1.82) is 0 Å². The summed E-state index contributed by atoms with van der Waals surface area (Å²) in [4.78, 5) is 23.0. The third-order valence-corrected chi connectivity index (χ3v) is 3.42. The number of ether oxygens (including phenoxy) is 1. The van der Waals surface area contributed by atoms with E-state index in [-0.39, 0.29) is 24.3 Å². The summed E-state index contributed by atoms with van der Waals surface area (Å²) in [6.07, 6.45) is 0.334. The number of amides is 1. The molecule has 0 spiro atoms. The quantitative estimate of drug-likeness (QED) is 0.805. The first-order valence-corrected chi connectivity index (χ1v) is 6.90. The minimum Gasteiger partial charge on any atom is -0.481 e. The number of hydrogen-bond acceptors (Lipinski definition) is 3. The molecule has 0 bridgehead atoms. The van der Waals surface area contributed by atoms with Crippen LogP contribution in [0.4, 0.5) is 4.39 Å². The van der Waals surface area contributed by atoms with Crippen molar-refractivity contribution in [2.75, 3.05) is 6.61 Å². The Balaban J connectivity index is 2.01. The Morgan fingerprint density at radius 3 is 2.67 bits per heavy atom.